The number of halogens is 2. The number of rotatable bonds is 4. The minimum Gasteiger partial charge on any atom is -0.484 e. The number of nitrogens with one attached hydrogen (secondary N) is 2. The van der Waals surface area contributed by atoms with Gasteiger partial charge in [0.25, 0.3) is 5.91 Å². The predicted octanol–water partition coefficient (Wildman–Crippen LogP) is 2.25. The summed E-state index contributed by atoms with van der Waals surface area (Å²) in [5, 5.41) is 7.13. The summed E-state index contributed by atoms with van der Waals surface area (Å²) in [5.74, 6) is 2.09. The quantitative estimate of drug-likeness (QED) is 0.890. The van der Waals surface area contributed by atoms with Gasteiger partial charge in [0.1, 0.15) is 5.75 Å². The van der Waals surface area contributed by atoms with Crippen molar-refractivity contribution in [1.82, 2.24) is 10.6 Å². The van der Waals surface area contributed by atoms with Crippen LogP contribution < -0.4 is 15.4 Å². The Labute approximate surface area is 136 Å². The minimum atomic E-state index is -0.0436. The molecule has 6 heteroatoms. The van der Waals surface area contributed by atoms with Crippen LogP contribution in [0, 0.1) is 11.8 Å². The zero-order chi connectivity index (χ0) is 13.9. The summed E-state index contributed by atoms with van der Waals surface area (Å²) < 4.78 is 5.44. The highest BCUT2D eigenvalue weighted by molar-refractivity contribution is 6.30. The number of hydrogen-bond donors (Lipinski definition) is 2. The van der Waals surface area contributed by atoms with Crippen LogP contribution in [0.2, 0.25) is 5.02 Å². The monoisotopic (exact) mass is 330 g/mol. The smallest absolute Gasteiger partial charge is 0.258 e. The molecule has 1 unspecified atom stereocenters. The fraction of sp³-hybridized carbons (Fsp3) is 0.533. The summed E-state index contributed by atoms with van der Waals surface area (Å²) in [5.41, 5.74) is 0. The van der Waals surface area contributed by atoms with Gasteiger partial charge in [-0.1, -0.05) is 11.6 Å². The molecule has 0 bridgehead atoms. The molecule has 116 valence electrons. The van der Waals surface area contributed by atoms with Crippen molar-refractivity contribution in [3.05, 3.63) is 29.3 Å². The molecule has 0 aromatic heterocycles. The Bertz CT molecular complexity index is 469. The number of hydrogen-bond acceptors (Lipinski definition) is 3. The van der Waals surface area contributed by atoms with Gasteiger partial charge < -0.3 is 15.4 Å². The van der Waals surface area contributed by atoms with Gasteiger partial charge in [0, 0.05) is 11.1 Å². The summed E-state index contributed by atoms with van der Waals surface area (Å²) in [4.78, 5) is 11.9. The van der Waals surface area contributed by atoms with E-state index in [9.17, 15) is 4.79 Å². The number of carbonyl (C=O) groups excluding carboxylic acids is 1. The summed E-state index contributed by atoms with van der Waals surface area (Å²) in [7, 11) is 0. The van der Waals surface area contributed by atoms with E-state index in [2.05, 4.69) is 10.6 Å². The highest BCUT2D eigenvalue weighted by Gasteiger charge is 2.37. The lowest BCUT2D eigenvalue weighted by Gasteiger charge is -2.14. The Balaban J connectivity index is 0.00000161. The van der Waals surface area contributed by atoms with Gasteiger partial charge in [0.15, 0.2) is 6.61 Å². The summed E-state index contributed by atoms with van der Waals surface area (Å²) >= 11 is 5.79. The van der Waals surface area contributed by atoms with Crippen molar-refractivity contribution < 1.29 is 9.53 Å². The topological polar surface area (TPSA) is 50.4 Å². The lowest BCUT2D eigenvalue weighted by molar-refractivity contribution is -0.123. The van der Waals surface area contributed by atoms with Gasteiger partial charge >= 0.3 is 0 Å². The van der Waals surface area contributed by atoms with Gasteiger partial charge in [-0.15, -0.1) is 12.4 Å². The molecule has 2 fully saturated rings. The van der Waals surface area contributed by atoms with Crippen LogP contribution in [0.25, 0.3) is 0 Å². The van der Waals surface area contributed by atoms with Crippen LogP contribution in [-0.4, -0.2) is 31.6 Å². The molecule has 3 rings (SSSR count). The average Bonchev–Trinajstić information content (AvgIpc) is 2.99. The van der Waals surface area contributed by atoms with Gasteiger partial charge in [-0.2, -0.15) is 0 Å². The van der Waals surface area contributed by atoms with Crippen LogP contribution in [0.1, 0.15) is 12.8 Å². The number of amides is 1. The van der Waals surface area contributed by atoms with Gasteiger partial charge in [0.2, 0.25) is 0 Å². The molecular weight excluding hydrogens is 311 g/mol. The van der Waals surface area contributed by atoms with Crippen molar-refractivity contribution in [2.24, 2.45) is 11.8 Å². The first kappa shape index (κ1) is 16.4. The zero-order valence-corrected chi connectivity index (χ0v) is 13.3. The summed E-state index contributed by atoms with van der Waals surface area (Å²) in [6.07, 6.45) is 2.18. The van der Waals surface area contributed by atoms with E-state index < -0.39 is 0 Å². The maximum absolute atomic E-state index is 11.9. The first-order valence-corrected chi connectivity index (χ1v) is 7.47. The van der Waals surface area contributed by atoms with Gasteiger partial charge in [-0.25, -0.2) is 0 Å². The Morgan fingerprint density at radius 3 is 2.48 bits per heavy atom. The van der Waals surface area contributed by atoms with Crippen molar-refractivity contribution >= 4 is 29.9 Å². The molecule has 1 aromatic rings. The normalized spacial score (nSPS) is 26.8. The summed E-state index contributed by atoms with van der Waals surface area (Å²) in [6.45, 7) is 2.25. The van der Waals surface area contributed by atoms with E-state index >= 15 is 0 Å². The molecule has 2 N–H and O–H groups in total. The molecule has 2 aliphatic rings. The maximum Gasteiger partial charge on any atom is 0.258 e. The predicted molar refractivity (Wildman–Crippen MR) is 85.2 cm³/mol. The van der Waals surface area contributed by atoms with Crippen molar-refractivity contribution in [2.45, 2.75) is 18.9 Å². The third kappa shape index (κ3) is 4.25. The van der Waals surface area contributed by atoms with E-state index in [0.29, 0.717) is 16.8 Å². The first-order valence-electron chi connectivity index (χ1n) is 7.09. The first-order chi connectivity index (χ1) is 9.70. The van der Waals surface area contributed by atoms with Crippen LogP contribution in [0.5, 0.6) is 5.75 Å². The number of carbonyl (C=O) groups is 1. The fourth-order valence-corrected chi connectivity index (χ4v) is 3.36. The van der Waals surface area contributed by atoms with Crippen molar-refractivity contribution in [1.29, 1.82) is 0 Å². The molecule has 1 amide bonds. The van der Waals surface area contributed by atoms with E-state index in [1.54, 1.807) is 24.3 Å². The van der Waals surface area contributed by atoms with Crippen LogP contribution >= 0.6 is 24.0 Å². The zero-order valence-electron chi connectivity index (χ0n) is 11.7. The van der Waals surface area contributed by atoms with Crippen LogP contribution in [0.3, 0.4) is 0 Å². The second kappa shape index (κ2) is 7.34. The lowest BCUT2D eigenvalue weighted by Crippen LogP contribution is -2.37. The van der Waals surface area contributed by atoms with E-state index in [1.165, 1.54) is 0 Å². The average molecular weight is 331 g/mol. The molecule has 4 nitrogen and oxygen atoms in total. The van der Waals surface area contributed by atoms with Gasteiger partial charge in [0.05, 0.1) is 0 Å². The standard InChI is InChI=1S/C15H19ClN2O2.ClH/c16-12-1-3-14(4-2-12)20-9-15(19)18-13-5-10-7-17-8-11(10)6-13;/h1-4,10-11,13,17H,5-9H2,(H,18,19);1H/t10-,11+,13?;. The molecule has 1 aromatic carbocycles. The third-order valence-electron chi connectivity index (χ3n) is 4.20. The van der Waals surface area contributed by atoms with Crippen molar-refractivity contribution in [2.75, 3.05) is 19.7 Å². The third-order valence-corrected chi connectivity index (χ3v) is 4.45. The minimum absolute atomic E-state index is 0. The lowest BCUT2D eigenvalue weighted by atomic mass is 10.0. The van der Waals surface area contributed by atoms with Crippen molar-refractivity contribution in [3.63, 3.8) is 0 Å². The van der Waals surface area contributed by atoms with Crippen LogP contribution in [-0.2, 0) is 4.79 Å². The Morgan fingerprint density at radius 1 is 1.24 bits per heavy atom. The molecule has 21 heavy (non-hydrogen) atoms. The van der Waals surface area contributed by atoms with E-state index in [-0.39, 0.29) is 24.9 Å². The number of benzene rings is 1. The Kier molecular flexibility index (Phi) is 5.73. The van der Waals surface area contributed by atoms with E-state index in [4.69, 9.17) is 16.3 Å². The maximum atomic E-state index is 11.9. The Morgan fingerprint density at radius 2 is 1.86 bits per heavy atom. The molecule has 0 radical (unpaired) electrons. The number of ether oxygens (including phenoxy) is 1. The second-order valence-electron chi connectivity index (χ2n) is 5.66. The highest BCUT2D eigenvalue weighted by Crippen LogP contribution is 2.34. The van der Waals surface area contributed by atoms with Crippen molar-refractivity contribution in [3.8, 4) is 5.75 Å². The molecule has 1 aliphatic heterocycles. The molecule has 1 aliphatic carbocycles. The molecule has 3 atom stereocenters. The largest absolute Gasteiger partial charge is 0.484 e. The molecule has 1 saturated heterocycles. The van der Waals surface area contributed by atoms with Crippen LogP contribution in [0.15, 0.2) is 24.3 Å². The van der Waals surface area contributed by atoms with E-state index in [1.807, 2.05) is 0 Å². The molecular formula is C15H20Cl2N2O2. The second-order valence-corrected chi connectivity index (χ2v) is 6.09. The highest BCUT2D eigenvalue weighted by atomic mass is 35.5. The number of fused-ring (bicyclic) bond motifs is 1. The summed E-state index contributed by atoms with van der Waals surface area (Å²) in [6, 6.07) is 7.34. The van der Waals surface area contributed by atoms with Gasteiger partial charge in [-0.05, 0) is 62.0 Å². The SMILES string of the molecule is Cl.O=C(COc1ccc(Cl)cc1)NC1C[C@H]2CNC[C@H]2C1. The Hall–Kier alpha value is -0.970. The van der Waals surface area contributed by atoms with E-state index in [0.717, 1.165) is 37.8 Å². The molecule has 0 spiro atoms. The van der Waals surface area contributed by atoms with Crippen LogP contribution in [0.4, 0.5) is 0 Å². The fourth-order valence-electron chi connectivity index (χ4n) is 3.23. The molecule has 1 heterocycles. The molecule has 1 saturated carbocycles. The van der Waals surface area contributed by atoms with Gasteiger partial charge in [-0.3, -0.25) is 4.79 Å².